The molecule has 0 aromatic heterocycles. The second kappa shape index (κ2) is 6.74. The summed E-state index contributed by atoms with van der Waals surface area (Å²) in [6.45, 7) is 7.06. The molecule has 0 aliphatic carbocycles. The Kier molecular flexibility index (Phi) is 5.60. The third-order valence-electron chi connectivity index (χ3n) is 3.47. The van der Waals surface area contributed by atoms with Crippen LogP contribution in [-0.2, 0) is 0 Å². The number of aryl methyl sites for hydroxylation is 1. The van der Waals surface area contributed by atoms with Gasteiger partial charge in [0.2, 0.25) is 0 Å². The molecule has 0 aliphatic rings. The van der Waals surface area contributed by atoms with Crippen molar-refractivity contribution in [3.05, 3.63) is 29.1 Å². The summed E-state index contributed by atoms with van der Waals surface area (Å²) in [7, 11) is 3.98. The van der Waals surface area contributed by atoms with E-state index in [1.807, 2.05) is 20.0 Å². The molecule has 0 saturated heterocycles. The maximum Gasteiger partial charge on any atom is 0.126 e. The number of hydrogen-bond donors (Lipinski definition) is 1. The quantitative estimate of drug-likeness (QED) is 0.831. The Morgan fingerprint density at radius 3 is 2.61 bits per heavy atom. The van der Waals surface area contributed by atoms with Gasteiger partial charge < -0.3 is 10.2 Å². The number of anilines is 1. The highest BCUT2D eigenvalue weighted by molar-refractivity contribution is 5.56. The van der Waals surface area contributed by atoms with E-state index in [1.165, 1.54) is 6.42 Å². The zero-order valence-electron chi connectivity index (χ0n) is 12.2. The largest absolute Gasteiger partial charge is 0.374 e. The molecular formula is C15H25FN2. The summed E-state index contributed by atoms with van der Waals surface area (Å²) in [4.78, 5) is 2.22. The van der Waals surface area contributed by atoms with E-state index in [-0.39, 0.29) is 11.9 Å². The summed E-state index contributed by atoms with van der Waals surface area (Å²) in [6, 6.07) is 3.77. The number of benzene rings is 1. The van der Waals surface area contributed by atoms with Crippen molar-refractivity contribution in [2.24, 2.45) is 0 Å². The van der Waals surface area contributed by atoms with E-state index in [0.717, 1.165) is 24.2 Å². The van der Waals surface area contributed by atoms with Crippen molar-refractivity contribution in [3.8, 4) is 0 Å². The summed E-state index contributed by atoms with van der Waals surface area (Å²) in [5.74, 6) is -0.125. The molecule has 0 amide bonds. The van der Waals surface area contributed by atoms with Crippen molar-refractivity contribution in [1.82, 2.24) is 5.32 Å². The molecule has 1 N–H and O–H groups in total. The van der Waals surface area contributed by atoms with Crippen LogP contribution in [0.4, 0.5) is 10.1 Å². The van der Waals surface area contributed by atoms with E-state index >= 15 is 0 Å². The normalized spacial score (nSPS) is 12.6. The molecule has 3 heteroatoms. The zero-order valence-corrected chi connectivity index (χ0v) is 12.2. The Balaban J connectivity index is 3.10. The van der Waals surface area contributed by atoms with Crippen LogP contribution in [0.5, 0.6) is 0 Å². The van der Waals surface area contributed by atoms with Crippen LogP contribution in [0.1, 0.15) is 43.9 Å². The molecular weight excluding hydrogens is 227 g/mol. The van der Waals surface area contributed by atoms with Gasteiger partial charge in [-0.3, -0.25) is 0 Å². The SMILES string of the molecule is CCCCN(C)c1cc(C)c(F)cc1C(C)NC. The van der Waals surface area contributed by atoms with E-state index in [1.54, 1.807) is 6.07 Å². The Labute approximate surface area is 110 Å². The summed E-state index contributed by atoms with van der Waals surface area (Å²) >= 11 is 0. The van der Waals surface area contributed by atoms with E-state index < -0.39 is 0 Å². The fourth-order valence-electron chi connectivity index (χ4n) is 2.03. The first kappa shape index (κ1) is 15.0. The van der Waals surface area contributed by atoms with E-state index in [0.29, 0.717) is 5.56 Å². The van der Waals surface area contributed by atoms with Crippen LogP contribution < -0.4 is 10.2 Å². The monoisotopic (exact) mass is 252 g/mol. The average molecular weight is 252 g/mol. The molecule has 0 saturated carbocycles. The highest BCUT2D eigenvalue weighted by atomic mass is 19.1. The number of nitrogens with zero attached hydrogens (tertiary/aromatic N) is 1. The van der Waals surface area contributed by atoms with Gasteiger partial charge in [0.05, 0.1) is 0 Å². The predicted molar refractivity (Wildman–Crippen MR) is 76.8 cm³/mol. The number of unbranched alkanes of at least 4 members (excludes halogenated alkanes) is 1. The summed E-state index contributed by atoms with van der Waals surface area (Å²) in [5.41, 5.74) is 2.86. The first-order valence-corrected chi connectivity index (χ1v) is 6.69. The lowest BCUT2D eigenvalue weighted by Gasteiger charge is -2.25. The van der Waals surface area contributed by atoms with Crippen LogP contribution in [-0.4, -0.2) is 20.6 Å². The lowest BCUT2D eigenvalue weighted by molar-refractivity contribution is 0.599. The van der Waals surface area contributed by atoms with E-state index in [2.05, 4.69) is 31.1 Å². The van der Waals surface area contributed by atoms with Crippen LogP contribution in [0.15, 0.2) is 12.1 Å². The molecule has 2 nitrogen and oxygen atoms in total. The molecule has 0 fully saturated rings. The molecule has 0 spiro atoms. The highest BCUT2D eigenvalue weighted by Crippen LogP contribution is 2.28. The third-order valence-corrected chi connectivity index (χ3v) is 3.47. The Hall–Kier alpha value is -1.09. The molecule has 0 radical (unpaired) electrons. The lowest BCUT2D eigenvalue weighted by atomic mass is 10.0. The lowest BCUT2D eigenvalue weighted by Crippen LogP contribution is -2.23. The van der Waals surface area contributed by atoms with E-state index in [9.17, 15) is 4.39 Å². The smallest absolute Gasteiger partial charge is 0.126 e. The maximum absolute atomic E-state index is 13.7. The number of rotatable bonds is 6. The Morgan fingerprint density at radius 2 is 2.06 bits per heavy atom. The minimum atomic E-state index is -0.125. The predicted octanol–water partition coefficient (Wildman–Crippen LogP) is 3.65. The second-order valence-corrected chi connectivity index (χ2v) is 4.95. The third kappa shape index (κ3) is 3.45. The van der Waals surface area contributed by atoms with Crippen LogP contribution in [0.25, 0.3) is 0 Å². The van der Waals surface area contributed by atoms with Gasteiger partial charge in [-0.25, -0.2) is 4.39 Å². The summed E-state index contributed by atoms with van der Waals surface area (Å²) < 4.78 is 13.7. The summed E-state index contributed by atoms with van der Waals surface area (Å²) in [5, 5.41) is 3.19. The first-order valence-electron chi connectivity index (χ1n) is 6.69. The summed E-state index contributed by atoms with van der Waals surface area (Å²) in [6.07, 6.45) is 2.32. The molecule has 1 aromatic carbocycles. The molecule has 1 unspecified atom stereocenters. The molecule has 0 heterocycles. The van der Waals surface area contributed by atoms with Crippen molar-refractivity contribution >= 4 is 5.69 Å². The first-order chi connectivity index (χ1) is 8.51. The van der Waals surface area contributed by atoms with Gasteiger partial charge in [0.25, 0.3) is 0 Å². The van der Waals surface area contributed by atoms with Crippen LogP contribution in [0.2, 0.25) is 0 Å². The Morgan fingerprint density at radius 1 is 1.39 bits per heavy atom. The van der Waals surface area contributed by atoms with Gasteiger partial charge >= 0.3 is 0 Å². The van der Waals surface area contributed by atoms with Gasteiger partial charge in [-0.15, -0.1) is 0 Å². The van der Waals surface area contributed by atoms with Gasteiger partial charge in [0.1, 0.15) is 5.82 Å². The molecule has 1 aromatic rings. The van der Waals surface area contributed by atoms with Crippen molar-refractivity contribution in [2.45, 2.75) is 39.7 Å². The van der Waals surface area contributed by atoms with E-state index in [4.69, 9.17) is 0 Å². The molecule has 0 bridgehead atoms. The van der Waals surface area contributed by atoms with Gasteiger partial charge in [-0.1, -0.05) is 13.3 Å². The van der Waals surface area contributed by atoms with Crippen LogP contribution >= 0.6 is 0 Å². The molecule has 102 valence electrons. The van der Waals surface area contributed by atoms with Gasteiger partial charge in [0, 0.05) is 25.3 Å². The molecule has 1 rings (SSSR count). The maximum atomic E-state index is 13.7. The van der Waals surface area contributed by atoms with Crippen molar-refractivity contribution < 1.29 is 4.39 Å². The van der Waals surface area contributed by atoms with Crippen LogP contribution in [0, 0.1) is 12.7 Å². The Bertz CT molecular complexity index is 390. The minimum absolute atomic E-state index is 0.125. The van der Waals surface area contributed by atoms with Crippen molar-refractivity contribution in [1.29, 1.82) is 0 Å². The average Bonchev–Trinajstić information content (AvgIpc) is 2.37. The van der Waals surface area contributed by atoms with Crippen molar-refractivity contribution in [3.63, 3.8) is 0 Å². The number of hydrogen-bond acceptors (Lipinski definition) is 2. The molecule has 1 atom stereocenters. The van der Waals surface area contributed by atoms with Crippen LogP contribution in [0.3, 0.4) is 0 Å². The topological polar surface area (TPSA) is 15.3 Å². The fourth-order valence-corrected chi connectivity index (χ4v) is 2.03. The molecule has 18 heavy (non-hydrogen) atoms. The number of halogens is 1. The van der Waals surface area contributed by atoms with Gasteiger partial charge in [-0.05, 0) is 50.6 Å². The highest BCUT2D eigenvalue weighted by Gasteiger charge is 2.15. The second-order valence-electron chi connectivity index (χ2n) is 4.95. The fraction of sp³-hybridized carbons (Fsp3) is 0.600. The standard InChI is InChI=1S/C15H25FN2/c1-6-7-8-18(5)15-9-11(2)14(16)10-13(15)12(3)17-4/h9-10,12,17H,6-8H2,1-5H3. The van der Waals surface area contributed by atoms with Gasteiger partial charge in [0.15, 0.2) is 0 Å². The van der Waals surface area contributed by atoms with Gasteiger partial charge in [-0.2, -0.15) is 0 Å². The minimum Gasteiger partial charge on any atom is -0.374 e. The zero-order chi connectivity index (χ0) is 13.7. The van der Waals surface area contributed by atoms with Crippen molar-refractivity contribution in [2.75, 3.05) is 25.5 Å². The molecule has 0 aliphatic heterocycles. The number of nitrogens with one attached hydrogen (secondary N) is 1.